The van der Waals surface area contributed by atoms with Crippen LogP contribution >= 0.6 is 0 Å². The minimum atomic E-state index is -0.626. The lowest BCUT2D eigenvalue weighted by Crippen LogP contribution is -2.49. The Labute approximate surface area is 229 Å². The molecule has 0 aromatic heterocycles. The third-order valence-electron chi connectivity index (χ3n) is 10.0. The average molecular weight is 537 g/mol. The summed E-state index contributed by atoms with van der Waals surface area (Å²) >= 11 is 0. The van der Waals surface area contributed by atoms with Crippen molar-refractivity contribution in [1.29, 1.82) is 0 Å². The average Bonchev–Trinajstić information content (AvgIpc) is 2.86. The first-order chi connectivity index (χ1) is 17.8. The van der Waals surface area contributed by atoms with Crippen molar-refractivity contribution in [3.63, 3.8) is 0 Å². The predicted octanol–water partition coefficient (Wildman–Crippen LogP) is 5.85. The summed E-state index contributed by atoms with van der Waals surface area (Å²) < 4.78 is 17.7. The van der Waals surface area contributed by atoms with Gasteiger partial charge in [0.25, 0.3) is 0 Å². The fourth-order valence-corrected chi connectivity index (χ4v) is 6.61. The molecule has 1 N–H and O–H groups in total. The van der Waals surface area contributed by atoms with E-state index < -0.39 is 16.9 Å². The Bertz CT molecular complexity index is 834. The van der Waals surface area contributed by atoms with Gasteiger partial charge in [0.05, 0.1) is 30.0 Å². The first kappa shape index (κ1) is 30.9. The van der Waals surface area contributed by atoms with E-state index in [1.807, 2.05) is 41.5 Å². The highest BCUT2D eigenvalue weighted by molar-refractivity contribution is 5.76. The molecule has 1 aliphatic heterocycles. The molecular formula is C31H52O7. The van der Waals surface area contributed by atoms with Crippen LogP contribution in [0, 0.1) is 40.4 Å². The highest BCUT2D eigenvalue weighted by atomic mass is 16.6. The Balaban J connectivity index is 1.76. The first-order valence-corrected chi connectivity index (χ1v) is 15.0. The van der Waals surface area contributed by atoms with Crippen molar-refractivity contribution in [3.8, 4) is 0 Å². The molecule has 0 amide bonds. The minimum Gasteiger partial charge on any atom is -0.465 e. The molecule has 1 saturated heterocycles. The highest BCUT2D eigenvalue weighted by Gasteiger charge is 2.49. The normalized spacial score (nSPS) is 34.2. The van der Waals surface area contributed by atoms with E-state index in [1.165, 1.54) is 0 Å². The molecule has 3 aliphatic rings. The summed E-state index contributed by atoms with van der Waals surface area (Å²) in [4.78, 5) is 37.8. The van der Waals surface area contributed by atoms with E-state index in [1.54, 1.807) is 0 Å². The lowest BCUT2D eigenvalue weighted by molar-refractivity contribution is -0.177. The van der Waals surface area contributed by atoms with Crippen molar-refractivity contribution in [3.05, 3.63) is 0 Å². The molecule has 3 fully saturated rings. The van der Waals surface area contributed by atoms with Crippen molar-refractivity contribution in [2.75, 3.05) is 6.61 Å². The third kappa shape index (κ3) is 7.51. The fraction of sp³-hybridized carbons (Fsp3) is 0.903. The van der Waals surface area contributed by atoms with Gasteiger partial charge in [-0.25, -0.2) is 0 Å². The van der Waals surface area contributed by atoms with E-state index in [9.17, 15) is 19.5 Å². The first-order valence-electron chi connectivity index (χ1n) is 15.0. The van der Waals surface area contributed by atoms with Gasteiger partial charge in [-0.1, -0.05) is 27.2 Å². The van der Waals surface area contributed by atoms with Crippen LogP contribution in [0.3, 0.4) is 0 Å². The summed E-state index contributed by atoms with van der Waals surface area (Å²) in [5.41, 5.74) is -1.06. The van der Waals surface area contributed by atoms with Crippen LogP contribution in [-0.2, 0) is 28.6 Å². The summed E-state index contributed by atoms with van der Waals surface area (Å²) in [6.45, 7) is 14.4. The number of aliphatic hydroxyl groups excluding tert-OH is 1. The lowest BCUT2D eigenvalue weighted by Gasteiger charge is -2.50. The number of esters is 3. The van der Waals surface area contributed by atoms with Gasteiger partial charge in [-0.2, -0.15) is 0 Å². The van der Waals surface area contributed by atoms with Gasteiger partial charge in [-0.3, -0.25) is 14.4 Å². The minimum absolute atomic E-state index is 0.0771. The second-order valence-electron chi connectivity index (χ2n) is 13.7. The Kier molecular flexibility index (Phi) is 10.3. The van der Waals surface area contributed by atoms with Crippen LogP contribution in [0.1, 0.15) is 113 Å². The number of carbonyl (C=O) groups excluding carboxylic acids is 3. The molecule has 0 aromatic rings. The molecule has 7 heteroatoms. The molecule has 2 aliphatic carbocycles. The van der Waals surface area contributed by atoms with E-state index in [0.717, 1.165) is 38.5 Å². The van der Waals surface area contributed by atoms with Crippen molar-refractivity contribution in [2.24, 2.45) is 40.4 Å². The molecule has 1 heterocycles. The molecule has 3 rings (SSSR count). The summed E-state index contributed by atoms with van der Waals surface area (Å²) in [7, 11) is 0. The number of rotatable bonds is 10. The smallest absolute Gasteiger partial charge is 0.311 e. The van der Waals surface area contributed by atoms with Gasteiger partial charge in [-0.15, -0.1) is 0 Å². The summed E-state index contributed by atoms with van der Waals surface area (Å²) in [5.74, 6) is 0.972. The SMILES string of the molecule is CCC(C)(C)C(=O)OC[C@H]1C[C@@H]2CC[C@H](C)[C@H](CC[C@@H]3C[C@@H](O)CC(=O)O3)[C@H]2[C@@H](OC(=O)C(C)(C)CC)C1. The molecule has 0 bridgehead atoms. The Morgan fingerprint density at radius 1 is 0.974 bits per heavy atom. The molecule has 0 aromatic carbocycles. The number of carbonyl (C=O) groups is 3. The van der Waals surface area contributed by atoms with Crippen molar-refractivity contribution < 1.29 is 33.7 Å². The quantitative estimate of drug-likeness (QED) is 0.276. The van der Waals surface area contributed by atoms with Crippen LogP contribution in [0.5, 0.6) is 0 Å². The van der Waals surface area contributed by atoms with Gasteiger partial charge in [0, 0.05) is 12.3 Å². The number of cyclic esters (lactones) is 1. The lowest BCUT2D eigenvalue weighted by atomic mass is 9.58. The molecule has 0 radical (unpaired) electrons. The number of ether oxygens (including phenoxy) is 3. The maximum absolute atomic E-state index is 13.3. The van der Waals surface area contributed by atoms with Gasteiger partial charge >= 0.3 is 17.9 Å². The molecule has 0 unspecified atom stereocenters. The maximum atomic E-state index is 13.3. The molecule has 0 spiro atoms. The fourth-order valence-electron chi connectivity index (χ4n) is 6.61. The largest absolute Gasteiger partial charge is 0.465 e. The zero-order valence-corrected chi connectivity index (χ0v) is 24.8. The third-order valence-corrected chi connectivity index (χ3v) is 10.0. The van der Waals surface area contributed by atoms with E-state index in [0.29, 0.717) is 43.6 Å². The van der Waals surface area contributed by atoms with Crippen LogP contribution in [0.4, 0.5) is 0 Å². The number of fused-ring (bicyclic) bond motifs is 1. The summed E-state index contributed by atoms with van der Waals surface area (Å²) in [6, 6.07) is 0. The second kappa shape index (κ2) is 12.7. The molecular weight excluding hydrogens is 484 g/mol. The Morgan fingerprint density at radius 3 is 2.26 bits per heavy atom. The zero-order valence-electron chi connectivity index (χ0n) is 24.8. The van der Waals surface area contributed by atoms with E-state index in [4.69, 9.17) is 14.2 Å². The molecule has 8 atom stereocenters. The van der Waals surface area contributed by atoms with Crippen LogP contribution in [0.25, 0.3) is 0 Å². The van der Waals surface area contributed by atoms with E-state index in [-0.39, 0.29) is 48.4 Å². The van der Waals surface area contributed by atoms with Crippen LogP contribution in [0.2, 0.25) is 0 Å². The standard InChI is InChI=1S/C31H52O7/c1-8-30(4,5)28(34)36-18-20-14-21-11-10-19(3)24(13-12-23-16-22(32)17-26(33)37-23)27(21)25(15-20)38-29(35)31(6,7)9-2/h19-25,27,32H,8-18H2,1-7H3/t19-,20-,21-,22+,23+,24-,25-,27-/m0/s1. The molecule has 7 nitrogen and oxygen atoms in total. The molecule has 38 heavy (non-hydrogen) atoms. The van der Waals surface area contributed by atoms with E-state index in [2.05, 4.69) is 6.92 Å². The topological polar surface area (TPSA) is 99.1 Å². The van der Waals surface area contributed by atoms with Gasteiger partial charge in [0.15, 0.2) is 0 Å². The monoisotopic (exact) mass is 536 g/mol. The maximum Gasteiger partial charge on any atom is 0.311 e. The highest BCUT2D eigenvalue weighted by Crippen LogP contribution is 2.51. The second-order valence-corrected chi connectivity index (χ2v) is 13.7. The Morgan fingerprint density at radius 2 is 1.63 bits per heavy atom. The predicted molar refractivity (Wildman–Crippen MR) is 145 cm³/mol. The van der Waals surface area contributed by atoms with Gasteiger partial charge in [0.1, 0.15) is 12.2 Å². The van der Waals surface area contributed by atoms with E-state index >= 15 is 0 Å². The number of hydrogen-bond donors (Lipinski definition) is 1. The van der Waals surface area contributed by atoms with Crippen molar-refractivity contribution >= 4 is 17.9 Å². The van der Waals surface area contributed by atoms with Gasteiger partial charge in [-0.05, 0) is 96.3 Å². The number of aliphatic hydroxyl groups is 1. The summed E-state index contributed by atoms with van der Waals surface area (Å²) in [5, 5.41) is 10.1. The van der Waals surface area contributed by atoms with Crippen molar-refractivity contribution in [1.82, 2.24) is 0 Å². The van der Waals surface area contributed by atoms with Crippen LogP contribution < -0.4 is 0 Å². The van der Waals surface area contributed by atoms with Crippen molar-refractivity contribution in [2.45, 2.75) is 131 Å². The van der Waals surface area contributed by atoms with Gasteiger partial charge < -0.3 is 19.3 Å². The zero-order chi connectivity index (χ0) is 28.3. The van der Waals surface area contributed by atoms with Gasteiger partial charge in [0.2, 0.25) is 0 Å². The van der Waals surface area contributed by atoms with Crippen LogP contribution in [-0.4, -0.2) is 47.9 Å². The molecule has 2 saturated carbocycles. The summed E-state index contributed by atoms with van der Waals surface area (Å²) in [6.07, 6.45) is 6.35. The molecule has 218 valence electrons. The van der Waals surface area contributed by atoms with Crippen LogP contribution in [0.15, 0.2) is 0 Å². The number of hydrogen-bond acceptors (Lipinski definition) is 7. The Hall–Kier alpha value is -1.63.